The third kappa shape index (κ3) is 3.73. The van der Waals surface area contributed by atoms with E-state index in [1.165, 1.54) is 0 Å². The van der Waals surface area contributed by atoms with E-state index in [-0.39, 0.29) is 17.7 Å². The molecule has 1 unspecified atom stereocenters. The molecule has 0 fully saturated rings. The van der Waals surface area contributed by atoms with Crippen molar-refractivity contribution in [2.24, 2.45) is 5.92 Å². The summed E-state index contributed by atoms with van der Waals surface area (Å²) in [6, 6.07) is -0.483. The maximum absolute atomic E-state index is 11.9. The van der Waals surface area contributed by atoms with Crippen molar-refractivity contribution in [1.29, 1.82) is 0 Å². The van der Waals surface area contributed by atoms with E-state index in [0.29, 0.717) is 5.57 Å². The van der Waals surface area contributed by atoms with Crippen LogP contribution in [0.1, 0.15) is 26.7 Å². The average molecular weight is 236 g/mol. The minimum absolute atomic E-state index is 0.0621. The zero-order chi connectivity index (χ0) is 12.8. The number of allylic oxidation sites excluding steroid dienone is 2. The van der Waals surface area contributed by atoms with Gasteiger partial charge in [-0.15, -0.1) is 0 Å². The molecule has 0 aromatic carbocycles. The Hall–Kier alpha value is -1.58. The molecule has 0 heterocycles. The van der Waals surface area contributed by atoms with Crippen molar-refractivity contribution >= 4 is 11.8 Å². The van der Waals surface area contributed by atoms with Crippen molar-refractivity contribution in [1.82, 2.24) is 10.6 Å². The molecular weight excluding hydrogens is 216 g/mol. The van der Waals surface area contributed by atoms with Crippen LogP contribution in [0.4, 0.5) is 0 Å². The summed E-state index contributed by atoms with van der Waals surface area (Å²) in [6.45, 7) is 3.82. The van der Waals surface area contributed by atoms with Gasteiger partial charge in [0.2, 0.25) is 5.91 Å². The molecule has 17 heavy (non-hydrogen) atoms. The number of carbonyl (C=O) groups is 2. The summed E-state index contributed by atoms with van der Waals surface area (Å²) in [5.41, 5.74) is 0.644. The zero-order valence-corrected chi connectivity index (χ0v) is 10.6. The minimum atomic E-state index is -0.483. The fraction of sp³-hybridized carbons (Fsp3) is 0.538. The van der Waals surface area contributed by atoms with Crippen LogP contribution < -0.4 is 10.6 Å². The van der Waals surface area contributed by atoms with Crippen molar-refractivity contribution in [2.75, 3.05) is 7.05 Å². The van der Waals surface area contributed by atoms with Gasteiger partial charge in [0, 0.05) is 12.6 Å². The average Bonchev–Trinajstić information content (AvgIpc) is 2.35. The van der Waals surface area contributed by atoms with Crippen molar-refractivity contribution in [3.8, 4) is 0 Å². The molecule has 4 nitrogen and oxygen atoms in total. The largest absolute Gasteiger partial charge is 0.357 e. The van der Waals surface area contributed by atoms with Crippen LogP contribution in [-0.4, -0.2) is 24.9 Å². The van der Waals surface area contributed by atoms with Crippen LogP contribution in [0.15, 0.2) is 23.8 Å². The van der Waals surface area contributed by atoms with Gasteiger partial charge in [0.15, 0.2) is 0 Å². The van der Waals surface area contributed by atoms with Crippen LogP contribution in [-0.2, 0) is 9.59 Å². The van der Waals surface area contributed by atoms with Crippen molar-refractivity contribution in [2.45, 2.75) is 32.7 Å². The Kier molecular flexibility index (Phi) is 4.94. The van der Waals surface area contributed by atoms with Crippen molar-refractivity contribution in [3.63, 3.8) is 0 Å². The second-order valence-electron chi connectivity index (χ2n) is 4.45. The number of rotatable bonds is 4. The van der Waals surface area contributed by atoms with Gasteiger partial charge >= 0.3 is 0 Å². The molecular formula is C13H20N2O2. The minimum Gasteiger partial charge on any atom is -0.357 e. The summed E-state index contributed by atoms with van der Waals surface area (Å²) >= 11 is 0. The van der Waals surface area contributed by atoms with Crippen molar-refractivity contribution < 1.29 is 9.59 Å². The summed E-state index contributed by atoms with van der Waals surface area (Å²) in [5.74, 6) is -0.274. The van der Waals surface area contributed by atoms with Crippen LogP contribution in [0.5, 0.6) is 0 Å². The highest BCUT2D eigenvalue weighted by atomic mass is 16.2. The molecule has 2 N–H and O–H groups in total. The molecule has 0 aromatic rings. The van der Waals surface area contributed by atoms with Crippen LogP contribution in [0.3, 0.4) is 0 Å². The quantitative estimate of drug-likeness (QED) is 0.769. The molecule has 0 radical (unpaired) electrons. The number of hydrogen-bond acceptors (Lipinski definition) is 2. The normalized spacial score (nSPS) is 16.4. The Balaban J connectivity index is 2.67. The molecule has 0 aliphatic heterocycles. The summed E-state index contributed by atoms with van der Waals surface area (Å²) in [4.78, 5) is 23.5. The Morgan fingerprint density at radius 2 is 2.00 bits per heavy atom. The lowest BCUT2D eigenvalue weighted by molar-refractivity contribution is -0.128. The van der Waals surface area contributed by atoms with Gasteiger partial charge in [0.25, 0.3) is 5.91 Å². The maximum Gasteiger partial charge on any atom is 0.251 e. The second-order valence-corrected chi connectivity index (χ2v) is 4.45. The first-order valence-corrected chi connectivity index (χ1v) is 5.95. The van der Waals surface area contributed by atoms with Gasteiger partial charge in [-0.25, -0.2) is 0 Å². The van der Waals surface area contributed by atoms with Crippen LogP contribution in [0.25, 0.3) is 0 Å². The van der Waals surface area contributed by atoms with E-state index in [9.17, 15) is 9.59 Å². The van der Waals surface area contributed by atoms with E-state index in [2.05, 4.69) is 10.6 Å². The summed E-state index contributed by atoms with van der Waals surface area (Å²) < 4.78 is 0. The zero-order valence-electron chi connectivity index (χ0n) is 10.6. The second kappa shape index (κ2) is 6.23. The highest BCUT2D eigenvalue weighted by Gasteiger charge is 2.23. The van der Waals surface area contributed by atoms with Crippen LogP contribution >= 0.6 is 0 Å². The summed E-state index contributed by atoms with van der Waals surface area (Å²) in [5, 5.41) is 5.33. The molecule has 0 aromatic heterocycles. The van der Waals surface area contributed by atoms with Gasteiger partial charge in [-0.1, -0.05) is 32.1 Å². The number of carbonyl (C=O) groups excluding carboxylic acids is 2. The van der Waals surface area contributed by atoms with E-state index in [1.54, 1.807) is 13.1 Å². The van der Waals surface area contributed by atoms with Gasteiger partial charge < -0.3 is 10.6 Å². The standard InChI is InChI=1S/C13H20N2O2/c1-9(2)11(13(17)14-3)15-12(16)10-7-5-4-6-8-10/h5,7-9,11H,4,6H2,1-3H3,(H,14,17)(H,15,16). The van der Waals surface area contributed by atoms with E-state index in [4.69, 9.17) is 0 Å². The van der Waals surface area contributed by atoms with Gasteiger partial charge in [0.05, 0.1) is 0 Å². The smallest absolute Gasteiger partial charge is 0.251 e. The van der Waals surface area contributed by atoms with Gasteiger partial charge in [0.1, 0.15) is 6.04 Å². The van der Waals surface area contributed by atoms with Crippen LogP contribution in [0.2, 0.25) is 0 Å². The molecule has 2 amide bonds. The number of amides is 2. The van der Waals surface area contributed by atoms with Crippen molar-refractivity contribution in [3.05, 3.63) is 23.8 Å². The predicted octanol–water partition coefficient (Wildman–Crippen LogP) is 1.15. The van der Waals surface area contributed by atoms with E-state index in [0.717, 1.165) is 12.8 Å². The first-order valence-electron chi connectivity index (χ1n) is 5.95. The Bertz CT molecular complexity index is 356. The Morgan fingerprint density at radius 3 is 2.47 bits per heavy atom. The lowest BCUT2D eigenvalue weighted by Gasteiger charge is -2.21. The fourth-order valence-corrected chi connectivity index (χ4v) is 1.70. The Morgan fingerprint density at radius 1 is 1.29 bits per heavy atom. The third-order valence-electron chi connectivity index (χ3n) is 2.74. The molecule has 0 spiro atoms. The highest BCUT2D eigenvalue weighted by Crippen LogP contribution is 2.11. The number of likely N-dealkylation sites (N-methyl/N-ethyl adjacent to an activating group) is 1. The van der Waals surface area contributed by atoms with Crippen LogP contribution in [0, 0.1) is 5.92 Å². The van der Waals surface area contributed by atoms with E-state index < -0.39 is 6.04 Å². The molecule has 4 heteroatoms. The lowest BCUT2D eigenvalue weighted by atomic mass is 10.0. The first-order chi connectivity index (χ1) is 8.06. The third-order valence-corrected chi connectivity index (χ3v) is 2.74. The van der Waals surface area contributed by atoms with Gasteiger partial charge in [-0.3, -0.25) is 9.59 Å². The topological polar surface area (TPSA) is 58.2 Å². The predicted molar refractivity (Wildman–Crippen MR) is 67.3 cm³/mol. The van der Waals surface area contributed by atoms with E-state index in [1.807, 2.05) is 26.0 Å². The Labute approximate surface area is 102 Å². The molecule has 94 valence electrons. The molecule has 0 bridgehead atoms. The maximum atomic E-state index is 11.9. The number of nitrogens with one attached hydrogen (secondary N) is 2. The molecule has 0 saturated heterocycles. The lowest BCUT2D eigenvalue weighted by Crippen LogP contribution is -2.49. The van der Waals surface area contributed by atoms with Gasteiger partial charge in [-0.2, -0.15) is 0 Å². The fourth-order valence-electron chi connectivity index (χ4n) is 1.70. The summed E-state index contributed by atoms with van der Waals surface area (Å²) in [7, 11) is 1.57. The summed E-state index contributed by atoms with van der Waals surface area (Å²) in [6.07, 6.45) is 7.53. The SMILES string of the molecule is CNC(=O)C(NC(=O)C1=CCCC=C1)C(C)C. The highest BCUT2D eigenvalue weighted by molar-refractivity contribution is 5.99. The van der Waals surface area contributed by atoms with Gasteiger partial charge in [-0.05, 0) is 18.8 Å². The molecule has 1 aliphatic carbocycles. The number of hydrogen-bond donors (Lipinski definition) is 2. The molecule has 0 saturated carbocycles. The first kappa shape index (κ1) is 13.5. The molecule has 1 atom stereocenters. The molecule has 1 aliphatic rings. The monoisotopic (exact) mass is 236 g/mol. The van der Waals surface area contributed by atoms with E-state index >= 15 is 0 Å². The molecule has 1 rings (SSSR count).